The molecule has 0 heterocycles. The van der Waals surface area contributed by atoms with Gasteiger partial charge in [0.05, 0.1) is 16.3 Å². The standard InChI is InChI=1S/C13H10ClFN2O2/c14-10-4-1-7(15)5-12(10)17-8-2-3-9(13(18)19)11(16)6-8/h1-6,17H,16H2,(H,18,19). The fourth-order valence-corrected chi connectivity index (χ4v) is 1.75. The van der Waals surface area contributed by atoms with Gasteiger partial charge in [0.2, 0.25) is 0 Å². The summed E-state index contributed by atoms with van der Waals surface area (Å²) in [5.41, 5.74) is 6.64. The van der Waals surface area contributed by atoms with Crippen molar-refractivity contribution in [2.75, 3.05) is 11.1 Å². The summed E-state index contributed by atoms with van der Waals surface area (Å²) in [5.74, 6) is -1.53. The van der Waals surface area contributed by atoms with Crippen molar-refractivity contribution >= 4 is 34.6 Å². The van der Waals surface area contributed by atoms with Crippen LogP contribution < -0.4 is 11.1 Å². The van der Waals surface area contributed by atoms with E-state index in [1.54, 1.807) is 0 Å². The number of nitrogen functional groups attached to an aromatic ring is 1. The normalized spacial score (nSPS) is 10.2. The van der Waals surface area contributed by atoms with Crippen LogP contribution in [0.15, 0.2) is 36.4 Å². The van der Waals surface area contributed by atoms with Gasteiger partial charge in [0.15, 0.2) is 0 Å². The zero-order valence-electron chi connectivity index (χ0n) is 9.65. The molecule has 0 saturated heterocycles. The largest absolute Gasteiger partial charge is 0.478 e. The summed E-state index contributed by atoms with van der Waals surface area (Å²) in [6.07, 6.45) is 0. The molecule has 0 bridgehead atoms. The number of anilines is 3. The lowest BCUT2D eigenvalue weighted by Gasteiger charge is -2.10. The first-order chi connectivity index (χ1) is 8.97. The van der Waals surface area contributed by atoms with Crippen LogP contribution in [0.4, 0.5) is 21.5 Å². The van der Waals surface area contributed by atoms with Crippen LogP contribution in [0, 0.1) is 5.82 Å². The maximum Gasteiger partial charge on any atom is 0.337 e. The molecule has 0 spiro atoms. The summed E-state index contributed by atoms with van der Waals surface area (Å²) in [7, 11) is 0. The zero-order valence-corrected chi connectivity index (χ0v) is 10.4. The molecule has 0 radical (unpaired) electrons. The van der Waals surface area contributed by atoms with Crippen LogP contribution in [0.3, 0.4) is 0 Å². The second kappa shape index (κ2) is 5.16. The van der Waals surface area contributed by atoms with E-state index in [9.17, 15) is 9.18 Å². The van der Waals surface area contributed by atoms with Gasteiger partial charge < -0.3 is 16.2 Å². The van der Waals surface area contributed by atoms with Crippen LogP contribution >= 0.6 is 11.6 Å². The van der Waals surface area contributed by atoms with Crippen molar-refractivity contribution in [2.45, 2.75) is 0 Å². The third-order valence-corrected chi connectivity index (χ3v) is 2.82. The molecule has 0 aromatic heterocycles. The average molecular weight is 281 g/mol. The van der Waals surface area contributed by atoms with E-state index in [0.29, 0.717) is 16.4 Å². The maximum atomic E-state index is 13.1. The molecular weight excluding hydrogens is 271 g/mol. The van der Waals surface area contributed by atoms with Crippen molar-refractivity contribution in [3.63, 3.8) is 0 Å². The fraction of sp³-hybridized carbons (Fsp3) is 0. The van der Waals surface area contributed by atoms with Crippen molar-refractivity contribution < 1.29 is 14.3 Å². The fourth-order valence-electron chi connectivity index (χ4n) is 1.58. The predicted molar refractivity (Wildman–Crippen MR) is 72.5 cm³/mol. The van der Waals surface area contributed by atoms with E-state index in [1.165, 1.54) is 36.4 Å². The van der Waals surface area contributed by atoms with Crippen molar-refractivity contribution in [1.82, 2.24) is 0 Å². The number of benzene rings is 2. The molecule has 0 atom stereocenters. The topological polar surface area (TPSA) is 75.3 Å². The van der Waals surface area contributed by atoms with E-state index in [4.69, 9.17) is 22.4 Å². The lowest BCUT2D eigenvalue weighted by Crippen LogP contribution is -2.03. The second-order valence-corrected chi connectivity index (χ2v) is 4.26. The summed E-state index contributed by atoms with van der Waals surface area (Å²) >= 11 is 5.91. The van der Waals surface area contributed by atoms with E-state index in [-0.39, 0.29) is 11.3 Å². The lowest BCUT2D eigenvalue weighted by molar-refractivity contribution is 0.0698. The quantitative estimate of drug-likeness (QED) is 0.752. The van der Waals surface area contributed by atoms with Crippen LogP contribution in [-0.4, -0.2) is 11.1 Å². The summed E-state index contributed by atoms with van der Waals surface area (Å²) in [6, 6.07) is 8.26. The number of halogens is 2. The Labute approximate surface area is 113 Å². The van der Waals surface area contributed by atoms with E-state index in [2.05, 4.69) is 5.32 Å². The van der Waals surface area contributed by atoms with Crippen LogP contribution in [0.1, 0.15) is 10.4 Å². The number of carbonyl (C=O) groups is 1. The van der Waals surface area contributed by atoms with Crippen LogP contribution in [-0.2, 0) is 0 Å². The van der Waals surface area contributed by atoms with Crippen molar-refractivity contribution in [3.05, 3.63) is 52.8 Å². The van der Waals surface area contributed by atoms with Crippen molar-refractivity contribution in [3.8, 4) is 0 Å². The van der Waals surface area contributed by atoms with Gasteiger partial charge in [0.1, 0.15) is 5.82 Å². The number of aromatic carboxylic acids is 1. The molecule has 0 aliphatic heterocycles. The van der Waals surface area contributed by atoms with E-state index in [0.717, 1.165) is 0 Å². The Morgan fingerprint density at radius 2 is 2.00 bits per heavy atom. The maximum absolute atomic E-state index is 13.1. The summed E-state index contributed by atoms with van der Waals surface area (Å²) in [4.78, 5) is 10.8. The van der Waals surface area contributed by atoms with E-state index < -0.39 is 11.8 Å². The minimum Gasteiger partial charge on any atom is -0.478 e. The van der Waals surface area contributed by atoms with Crippen molar-refractivity contribution in [1.29, 1.82) is 0 Å². The number of nitrogens with two attached hydrogens (primary N) is 1. The molecule has 0 saturated carbocycles. The Kier molecular flexibility index (Phi) is 3.57. The molecule has 2 aromatic carbocycles. The highest BCUT2D eigenvalue weighted by atomic mass is 35.5. The molecule has 2 rings (SSSR count). The first-order valence-electron chi connectivity index (χ1n) is 5.32. The summed E-state index contributed by atoms with van der Waals surface area (Å²) < 4.78 is 13.1. The van der Waals surface area contributed by atoms with Gasteiger partial charge in [-0.3, -0.25) is 0 Å². The molecule has 0 aliphatic carbocycles. The minimum absolute atomic E-state index is 0.0101. The molecular formula is C13H10ClFN2O2. The van der Waals surface area contributed by atoms with E-state index in [1.807, 2.05) is 0 Å². The van der Waals surface area contributed by atoms with Gasteiger partial charge in [0.25, 0.3) is 0 Å². The predicted octanol–water partition coefficient (Wildman–Crippen LogP) is 3.50. The Hall–Kier alpha value is -2.27. The number of hydrogen-bond acceptors (Lipinski definition) is 3. The monoisotopic (exact) mass is 280 g/mol. The highest BCUT2D eigenvalue weighted by Gasteiger charge is 2.09. The van der Waals surface area contributed by atoms with E-state index >= 15 is 0 Å². The zero-order chi connectivity index (χ0) is 14.0. The molecule has 0 fully saturated rings. The van der Waals surface area contributed by atoms with Crippen LogP contribution in [0.25, 0.3) is 0 Å². The number of hydrogen-bond donors (Lipinski definition) is 3. The summed E-state index contributed by atoms with van der Waals surface area (Å²) in [5, 5.41) is 12.1. The Bertz CT molecular complexity index is 647. The molecule has 4 nitrogen and oxygen atoms in total. The second-order valence-electron chi connectivity index (χ2n) is 3.86. The molecule has 0 aliphatic rings. The van der Waals surface area contributed by atoms with Crippen LogP contribution in [0.2, 0.25) is 5.02 Å². The first kappa shape index (κ1) is 13.2. The molecule has 2 aromatic rings. The smallest absolute Gasteiger partial charge is 0.337 e. The molecule has 0 unspecified atom stereocenters. The third kappa shape index (κ3) is 2.95. The molecule has 19 heavy (non-hydrogen) atoms. The SMILES string of the molecule is Nc1cc(Nc2cc(F)ccc2Cl)ccc1C(=O)O. The highest BCUT2D eigenvalue weighted by molar-refractivity contribution is 6.33. The van der Waals surface area contributed by atoms with Gasteiger partial charge in [0, 0.05) is 11.4 Å². The van der Waals surface area contributed by atoms with Gasteiger partial charge >= 0.3 is 5.97 Å². The Morgan fingerprint density at radius 3 is 2.63 bits per heavy atom. The van der Waals surface area contributed by atoms with Crippen LogP contribution in [0.5, 0.6) is 0 Å². The molecule has 6 heteroatoms. The van der Waals surface area contributed by atoms with Gasteiger partial charge in [-0.25, -0.2) is 9.18 Å². The number of rotatable bonds is 3. The lowest BCUT2D eigenvalue weighted by atomic mass is 10.1. The van der Waals surface area contributed by atoms with Gasteiger partial charge in [-0.1, -0.05) is 11.6 Å². The highest BCUT2D eigenvalue weighted by Crippen LogP contribution is 2.27. The molecule has 4 N–H and O–H groups in total. The number of carboxylic acid groups (broad SMARTS) is 1. The molecule has 98 valence electrons. The summed E-state index contributed by atoms with van der Waals surface area (Å²) in [6.45, 7) is 0. The Morgan fingerprint density at radius 1 is 1.26 bits per heavy atom. The first-order valence-corrected chi connectivity index (χ1v) is 5.70. The van der Waals surface area contributed by atoms with Gasteiger partial charge in [-0.2, -0.15) is 0 Å². The molecule has 0 amide bonds. The Balaban J connectivity index is 2.31. The number of nitrogens with one attached hydrogen (secondary N) is 1. The van der Waals surface area contributed by atoms with Gasteiger partial charge in [-0.15, -0.1) is 0 Å². The number of carboxylic acids is 1. The van der Waals surface area contributed by atoms with Crippen molar-refractivity contribution in [2.24, 2.45) is 0 Å². The minimum atomic E-state index is -1.10. The van der Waals surface area contributed by atoms with Gasteiger partial charge in [-0.05, 0) is 36.4 Å². The average Bonchev–Trinajstić information content (AvgIpc) is 2.33. The third-order valence-electron chi connectivity index (χ3n) is 2.49.